The first-order valence-electron chi connectivity index (χ1n) is 30.2. The van der Waals surface area contributed by atoms with Crippen molar-refractivity contribution in [1.29, 1.82) is 0 Å². The van der Waals surface area contributed by atoms with Gasteiger partial charge in [0.25, 0.3) is 0 Å². The van der Waals surface area contributed by atoms with E-state index in [1.54, 1.807) is 0 Å². The molecule has 0 amide bonds. The number of hydrogen-bond donors (Lipinski definition) is 0. The first kappa shape index (κ1) is 65.1. The number of esters is 3. The van der Waals surface area contributed by atoms with Gasteiger partial charge in [-0.25, -0.2) is 0 Å². The quantitative estimate of drug-likeness (QED) is 0.0262. The molecule has 6 nitrogen and oxygen atoms in total. The Kier molecular flexibility index (Phi) is 55.2. The van der Waals surface area contributed by atoms with Gasteiger partial charge in [0.1, 0.15) is 13.2 Å². The Morgan fingerprint density at radius 2 is 0.493 bits per heavy atom. The number of carbonyl (C=O) groups excluding carboxylic acids is 3. The first-order valence-corrected chi connectivity index (χ1v) is 30.2. The van der Waals surface area contributed by atoms with Crippen LogP contribution in [0.5, 0.6) is 0 Å². The molecule has 1 atom stereocenters. The van der Waals surface area contributed by atoms with E-state index in [-0.39, 0.29) is 31.1 Å². The van der Waals surface area contributed by atoms with Gasteiger partial charge < -0.3 is 14.2 Å². The van der Waals surface area contributed by atoms with Gasteiger partial charge in [-0.2, -0.15) is 0 Å². The minimum atomic E-state index is -0.767. The van der Waals surface area contributed by atoms with Crippen LogP contribution in [0.1, 0.15) is 342 Å². The summed E-state index contributed by atoms with van der Waals surface area (Å²) >= 11 is 0. The van der Waals surface area contributed by atoms with Crippen molar-refractivity contribution < 1.29 is 28.6 Å². The molecule has 0 spiro atoms. The van der Waals surface area contributed by atoms with Crippen molar-refractivity contribution in [3.05, 3.63) is 12.2 Å². The van der Waals surface area contributed by atoms with Gasteiger partial charge in [-0.05, 0) is 44.9 Å². The Morgan fingerprint density at radius 3 is 0.746 bits per heavy atom. The Balaban J connectivity index is 4.29. The van der Waals surface area contributed by atoms with Crippen molar-refractivity contribution in [2.45, 2.75) is 348 Å². The largest absolute Gasteiger partial charge is 0.462 e. The van der Waals surface area contributed by atoms with E-state index in [0.717, 1.165) is 57.8 Å². The van der Waals surface area contributed by atoms with E-state index in [9.17, 15) is 14.4 Å². The van der Waals surface area contributed by atoms with Gasteiger partial charge in [-0.3, -0.25) is 14.4 Å². The van der Waals surface area contributed by atoms with Crippen molar-refractivity contribution >= 4 is 17.9 Å². The Morgan fingerprint density at radius 1 is 0.284 bits per heavy atom. The lowest BCUT2D eigenvalue weighted by atomic mass is 10.0. The summed E-state index contributed by atoms with van der Waals surface area (Å²) in [6, 6.07) is 0. The fourth-order valence-electron chi connectivity index (χ4n) is 9.21. The fourth-order valence-corrected chi connectivity index (χ4v) is 9.21. The number of rotatable bonds is 56. The average molecular weight is 946 g/mol. The number of allylic oxidation sites excluding steroid dienone is 2. The standard InChI is InChI=1S/C61H116O6/c1-4-7-10-13-16-19-22-25-27-29-30-32-33-36-39-42-45-48-51-54-60(63)66-57-58(56-65-59(62)53-50-47-44-41-38-35-24-21-18-15-12-9-6-3)67-61(64)55-52-49-46-43-40-37-34-31-28-26-23-20-17-14-11-8-5-2/h26,28,58H,4-25,27,29-57H2,1-3H3/b28-26-/t58-/m0/s1. The van der Waals surface area contributed by atoms with Gasteiger partial charge >= 0.3 is 17.9 Å². The SMILES string of the molecule is CCCCCCCC/C=C\CCCCCCCCCC(=O)O[C@@H](COC(=O)CCCCCCCCCCCCCCC)COC(=O)CCCCCCCCCCCCCCCCCCCCC. The maximum Gasteiger partial charge on any atom is 0.306 e. The van der Waals surface area contributed by atoms with E-state index < -0.39 is 6.10 Å². The molecule has 0 aliphatic heterocycles. The zero-order chi connectivity index (χ0) is 48.6. The molecule has 0 aliphatic carbocycles. The van der Waals surface area contributed by atoms with Crippen LogP contribution in [0.2, 0.25) is 0 Å². The number of hydrogen-bond acceptors (Lipinski definition) is 6. The van der Waals surface area contributed by atoms with Crippen LogP contribution in [0.4, 0.5) is 0 Å². The van der Waals surface area contributed by atoms with Crippen LogP contribution in [0.15, 0.2) is 12.2 Å². The summed E-state index contributed by atoms with van der Waals surface area (Å²) in [6.07, 6.45) is 64.9. The molecule has 0 saturated carbocycles. The maximum absolute atomic E-state index is 12.9. The molecular formula is C61H116O6. The second-order valence-electron chi connectivity index (χ2n) is 20.6. The third-order valence-electron chi connectivity index (χ3n) is 13.8. The molecule has 0 aliphatic rings. The van der Waals surface area contributed by atoms with Gasteiger partial charge in [0, 0.05) is 19.3 Å². The number of unbranched alkanes of at least 4 members (excludes halogenated alkanes) is 43. The third-order valence-corrected chi connectivity index (χ3v) is 13.8. The molecule has 0 aromatic carbocycles. The molecular weight excluding hydrogens is 829 g/mol. The maximum atomic E-state index is 12.9. The minimum Gasteiger partial charge on any atom is -0.462 e. The van der Waals surface area contributed by atoms with Crippen LogP contribution < -0.4 is 0 Å². The van der Waals surface area contributed by atoms with Crippen LogP contribution >= 0.6 is 0 Å². The topological polar surface area (TPSA) is 78.9 Å². The summed E-state index contributed by atoms with van der Waals surface area (Å²) in [4.78, 5) is 38.2. The summed E-state index contributed by atoms with van der Waals surface area (Å²) in [5.74, 6) is -0.843. The molecule has 67 heavy (non-hydrogen) atoms. The molecule has 0 rings (SSSR count). The lowest BCUT2D eigenvalue weighted by Gasteiger charge is -2.18. The monoisotopic (exact) mass is 945 g/mol. The number of ether oxygens (including phenoxy) is 3. The van der Waals surface area contributed by atoms with Crippen LogP contribution in [0.3, 0.4) is 0 Å². The second kappa shape index (κ2) is 56.7. The Hall–Kier alpha value is -1.85. The minimum absolute atomic E-state index is 0.0655. The van der Waals surface area contributed by atoms with Crippen molar-refractivity contribution in [2.75, 3.05) is 13.2 Å². The Labute approximate surface area is 418 Å². The van der Waals surface area contributed by atoms with Crippen LogP contribution in [-0.2, 0) is 28.6 Å². The molecule has 0 N–H and O–H groups in total. The molecule has 0 fully saturated rings. The first-order chi connectivity index (χ1) is 33.0. The Bertz CT molecular complexity index is 1040. The van der Waals surface area contributed by atoms with Gasteiger partial charge in [-0.15, -0.1) is 0 Å². The molecule has 0 bridgehead atoms. The van der Waals surface area contributed by atoms with E-state index in [2.05, 4.69) is 32.9 Å². The van der Waals surface area contributed by atoms with E-state index in [0.29, 0.717) is 19.3 Å². The highest BCUT2D eigenvalue weighted by atomic mass is 16.6. The smallest absolute Gasteiger partial charge is 0.306 e. The molecule has 0 unspecified atom stereocenters. The zero-order valence-electron chi connectivity index (χ0n) is 45.5. The highest BCUT2D eigenvalue weighted by Crippen LogP contribution is 2.17. The van der Waals surface area contributed by atoms with E-state index in [1.165, 1.54) is 244 Å². The fraction of sp³-hybridized carbons (Fsp3) is 0.918. The highest BCUT2D eigenvalue weighted by molar-refractivity contribution is 5.71. The van der Waals surface area contributed by atoms with Crippen LogP contribution in [-0.4, -0.2) is 37.2 Å². The molecule has 0 aromatic rings. The highest BCUT2D eigenvalue weighted by Gasteiger charge is 2.19. The summed E-state index contributed by atoms with van der Waals surface area (Å²) in [5, 5.41) is 0. The number of carbonyl (C=O) groups is 3. The van der Waals surface area contributed by atoms with Gasteiger partial charge in [0.15, 0.2) is 6.10 Å². The summed E-state index contributed by atoms with van der Waals surface area (Å²) in [7, 11) is 0. The zero-order valence-corrected chi connectivity index (χ0v) is 45.5. The molecule has 0 radical (unpaired) electrons. The predicted molar refractivity (Wildman–Crippen MR) is 289 cm³/mol. The second-order valence-corrected chi connectivity index (χ2v) is 20.6. The average Bonchev–Trinajstić information content (AvgIpc) is 3.33. The summed E-state index contributed by atoms with van der Waals surface area (Å²) < 4.78 is 16.9. The molecule has 0 heterocycles. The predicted octanol–water partition coefficient (Wildman–Crippen LogP) is 20.1. The van der Waals surface area contributed by atoms with Crippen LogP contribution in [0, 0.1) is 0 Å². The lowest BCUT2D eigenvalue weighted by Crippen LogP contribution is -2.30. The van der Waals surface area contributed by atoms with Gasteiger partial charge in [0.2, 0.25) is 0 Å². The summed E-state index contributed by atoms with van der Waals surface area (Å²) in [5.41, 5.74) is 0. The van der Waals surface area contributed by atoms with E-state index >= 15 is 0 Å². The van der Waals surface area contributed by atoms with Gasteiger partial charge in [-0.1, -0.05) is 290 Å². The van der Waals surface area contributed by atoms with Crippen LogP contribution in [0.25, 0.3) is 0 Å². The molecule has 6 heteroatoms. The van der Waals surface area contributed by atoms with Crippen molar-refractivity contribution in [3.63, 3.8) is 0 Å². The summed E-state index contributed by atoms with van der Waals surface area (Å²) in [6.45, 7) is 6.70. The van der Waals surface area contributed by atoms with Crippen molar-refractivity contribution in [1.82, 2.24) is 0 Å². The van der Waals surface area contributed by atoms with Crippen molar-refractivity contribution in [2.24, 2.45) is 0 Å². The molecule has 0 saturated heterocycles. The third kappa shape index (κ3) is 55.0. The van der Waals surface area contributed by atoms with E-state index in [1.807, 2.05) is 0 Å². The molecule has 0 aromatic heterocycles. The van der Waals surface area contributed by atoms with Crippen molar-refractivity contribution in [3.8, 4) is 0 Å². The lowest BCUT2D eigenvalue weighted by molar-refractivity contribution is -0.167. The van der Waals surface area contributed by atoms with E-state index in [4.69, 9.17) is 14.2 Å². The molecule has 396 valence electrons. The van der Waals surface area contributed by atoms with Gasteiger partial charge in [0.05, 0.1) is 0 Å². The normalized spacial score (nSPS) is 12.0.